The molecule has 4 rings (SSSR count). The number of hydrogen-bond acceptors (Lipinski definition) is 5. The number of rotatable bonds is 5. The van der Waals surface area contributed by atoms with Crippen LogP contribution in [0, 0.1) is 5.92 Å². The van der Waals surface area contributed by atoms with Gasteiger partial charge in [-0.2, -0.15) is 0 Å². The number of carbonyl (C=O) groups is 1. The molecule has 2 aromatic carbocycles. The lowest BCUT2D eigenvalue weighted by molar-refractivity contribution is -0.119. The summed E-state index contributed by atoms with van der Waals surface area (Å²) in [6.07, 6.45) is 3.37. The van der Waals surface area contributed by atoms with E-state index in [1.165, 1.54) is 0 Å². The van der Waals surface area contributed by atoms with Crippen molar-refractivity contribution in [2.75, 3.05) is 18.5 Å². The number of carbonyl (C=O) groups excluding carboxylic acids is 1. The normalized spacial score (nSPS) is 15.9. The zero-order chi connectivity index (χ0) is 19.3. The third kappa shape index (κ3) is 4.13. The van der Waals surface area contributed by atoms with Crippen molar-refractivity contribution in [3.63, 3.8) is 0 Å². The van der Waals surface area contributed by atoms with Gasteiger partial charge in [0.05, 0.1) is 11.6 Å². The third-order valence-electron chi connectivity index (χ3n) is 5.04. The minimum absolute atomic E-state index is 0.163. The minimum atomic E-state index is -0.525. The van der Waals surface area contributed by atoms with E-state index >= 15 is 0 Å². The van der Waals surface area contributed by atoms with E-state index in [0.717, 1.165) is 29.5 Å². The van der Waals surface area contributed by atoms with Crippen molar-refractivity contribution in [2.45, 2.75) is 18.9 Å². The monoisotopic (exact) mass is 377 g/mol. The van der Waals surface area contributed by atoms with Crippen LogP contribution in [0.4, 0.5) is 5.69 Å². The molecule has 6 nitrogen and oxygen atoms in total. The number of benzene rings is 2. The van der Waals surface area contributed by atoms with Gasteiger partial charge in [0.2, 0.25) is 5.91 Å². The number of anilines is 1. The van der Waals surface area contributed by atoms with Crippen LogP contribution in [0.2, 0.25) is 0 Å². The molecular formula is C22H23N3O3. The molecule has 1 aliphatic heterocycles. The quantitative estimate of drug-likeness (QED) is 0.708. The Morgan fingerprint density at radius 3 is 2.64 bits per heavy atom. The Labute approximate surface area is 163 Å². The second-order valence-electron chi connectivity index (χ2n) is 6.92. The number of hydrogen-bond donors (Lipinski definition) is 2. The fourth-order valence-electron chi connectivity index (χ4n) is 3.41. The zero-order valence-electron chi connectivity index (χ0n) is 15.5. The minimum Gasteiger partial charge on any atom is -0.457 e. The smallest absolute Gasteiger partial charge is 0.241 e. The SMILES string of the molecule is NC(C(=O)Nc1ccc(Oc2ccnc3ccccc23)cc1)C1CCOCC1. The predicted octanol–water partition coefficient (Wildman–Crippen LogP) is 3.72. The van der Waals surface area contributed by atoms with Gasteiger partial charge in [-0.3, -0.25) is 9.78 Å². The average molecular weight is 377 g/mol. The van der Waals surface area contributed by atoms with Crippen LogP contribution >= 0.6 is 0 Å². The highest BCUT2D eigenvalue weighted by Crippen LogP contribution is 2.29. The highest BCUT2D eigenvalue weighted by atomic mass is 16.5. The van der Waals surface area contributed by atoms with Gasteiger partial charge in [-0.15, -0.1) is 0 Å². The Kier molecular flexibility index (Phi) is 5.50. The number of ether oxygens (including phenoxy) is 2. The lowest BCUT2D eigenvalue weighted by atomic mass is 9.92. The Balaban J connectivity index is 1.41. The molecule has 1 aliphatic rings. The summed E-state index contributed by atoms with van der Waals surface area (Å²) >= 11 is 0. The summed E-state index contributed by atoms with van der Waals surface area (Å²) in [6.45, 7) is 1.34. The molecule has 3 aromatic rings. The lowest BCUT2D eigenvalue weighted by Gasteiger charge is -2.26. The van der Waals surface area contributed by atoms with E-state index in [0.29, 0.717) is 24.7 Å². The Morgan fingerprint density at radius 1 is 1.11 bits per heavy atom. The fraction of sp³-hybridized carbons (Fsp3) is 0.273. The van der Waals surface area contributed by atoms with Crippen molar-refractivity contribution in [3.8, 4) is 11.5 Å². The summed E-state index contributed by atoms with van der Waals surface area (Å²) in [4.78, 5) is 16.8. The molecule has 1 amide bonds. The first-order valence-electron chi connectivity index (χ1n) is 9.46. The molecule has 1 fully saturated rings. The Hall–Kier alpha value is -2.96. The Bertz CT molecular complexity index is 947. The van der Waals surface area contributed by atoms with Gasteiger partial charge in [-0.05, 0) is 61.2 Å². The van der Waals surface area contributed by atoms with E-state index < -0.39 is 6.04 Å². The second kappa shape index (κ2) is 8.37. The molecule has 1 atom stereocenters. The van der Waals surface area contributed by atoms with E-state index in [1.54, 1.807) is 6.20 Å². The van der Waals surface area contributed by atoms with Crippen molar-refractivity contribution in [1.82, 2.24) is 4.98 Å². The van der Waals surface area contributed by atoms with Crippen LogP contribution in [0.15, 0.2) is 60.8 Å². The molecule has 144 valence electrons. The predicted molar refractivity (Wildman–Crippen MR) is 108 cm³/mol. The molecule has 6 heteroatoms. The molecule has 2 heterocycles. The van der Waals surface area contributed by atoms with Gasteiger partial charge in [0.1, 0.15) is 11.5 Å². The van der Waals surface area contributed by atoms with Gasteiger partial charge in [0.25, 0.3) is 0 Å². The van der Waals surface area contributed by atoms with Crippen LogP contribution in [0.1, 0.15) is 12.8 Å². The molecule has 1 aromatic heterocycles. The number of nitrogens with one attached hydrogen (secondary N) is 1. The summed E-state index contributed by atoms with van der Waals surface area (Å²) < 4.78 is 11.3. The molecule has 0 saturated carbocycles. The molecule has 0 spiro atoms. The van der Waals surface area contributed by atoms with Gasteiger partial charge < -0.3 is 20.5 Å². The third-order valence-corrected chi connectivity index (χ3v) is 5.04. The first kappa shape index (κ1) is 18.4. The number of fused-ring (bicyclic) bond motifs is 1. The number of amides is 1. The Morgan fingerprint density at radius 2 is 1.86 bits per heavy atom. The topological polar surface area (TPSA) is 86.5 Å². The summed E-state index contributed by atoms with van der Waals surface area (Å²) in [5.41, 5.74) is 7.70. The largest absolute Gasteiger partial charge is 0.457 e. The van der Waals surface area contributed by atoms with Gasteiger partial charge >= 0.3 is 0 Å². The zero-order valence-corrected chi connectivity index (χ0v) is 15.5. The van der Waals surface area contributed by atoms with E-state index in [4.69, 9.17) is 15.2 Å². The number of nitrogens with zero attached hydrogens (tertiary/aromatic N) is 1. The van der Waals surface area contributed by atoms with Crippen LogP contribution in [-0.4, -0.2) is 30.1 Å². The van der Waals surface area contributed by atoms with Crippen molar-refractivity contribution in [2.24, 2.45) is 11.7 Å². The van der Waals surface area contributed by atoms with Crippen LogP contribution in [0.3, 0.4) is 0 Å². The van der Waals surface area contributed by atoms with Crippen LogP contribution in [-0.2, 0) is 9.53 Å². The van der Waals surface area contributed by atoms with Crippen LogP contribution in [0.5, 0.6) is 11.5 Å². The van der Waals surface area contributed by atoms with E-state index in [2.05, 4.69) is 10.3 Å². The van der Waals surface area contributed by atoms with Crippen LogP contribution < -0.4 is 15.8 Å². The lowest BCUT2D eigenvalue weighted by Crippen LogP contribution is -2.43. The fourth-order valence-corrected chi connectivity index (χ4v) is 3.41. The van der Waals surface area contributed by atoms with Gasteiger partial charge in [-0.1, -0.05) is 12.1 Å². The molecular weight excluding hydrogens is 354 g/mol. The van der Waals surface area contributed by atoms with Gasteiger partial charge in [0, 0.05) is 30.5 Å². The number of para-hydroxylation sites is 1. The summed E-state index contributed by atoms with van der Waals surface area (Å²) in [7, 11) is 0. The molecule has 28 heavy (non-hydrogen) atoms. The number of aromatic nitrogens is 1. The maximum Gasteiger partial charge on any atom is 0.241 e. The second-order valence-corrected chi connectivity index (χ2v) is 6.92. The maximum atomic E-state index is 12.4. The summed E-state index contributed by atoms with van der Waals surface area (Å²) in [5.74, 6) is 1.42. The summed E-state index contributed by atoms with van der Waals surface area (Å²) in [5, 5.41) is 3.84. The number of nitrogens with two attached hydrogens (primary N) is 1. The van der Waals surface area contributed by atoms with Crippen molar-refractivity contribution in [1.29, 1.82) is 0 Å². The molecule has 1 unspecified atom stereocenters. The van der Waals surface area contributed by atoms with Gasteiger partial charge in [0.15, 0.2) is 0 Å². The first-order valence-corrected chi connectivity index (χ1v) is 9.46. The molecule has 1 saturated heterocycles. The number of pyridine rings is 1. The van der Waals surface area contributed by atoms with Crippen molar-refractivity contribution >= 4 is 22.5 Å². The highest BCUT2D eigenvalue weighted by Gasteiger charge is 2.26. The van der Waals surface area contributed by atoms with E-state index in [-0.39, 0.29) is 11.8 Å². The molecule has 3 N–H and O–H groups in total. The van der Waals surface area contributed by atoms with Crippen molar-refractivity contribution < 1.29 is 14.3 Å². The highest BCUT2D eigenvalue weighted by molar-refractivity contribution is 5.95. The molecule has 0 radical (unpaired) electrons. The molecule has 0 aliphatic carbocycles. The van der Waals surface area contributed by atoms with E-state index in [9.17, 15) is 4.79 Å². The molecule has 0 bridgehead atoms. The van der Waals surface area contributed by atoms with Crippen LogP contribution in [0.25, 0.3) is 10.9 Å². The first-order chi connectivity index (χ1) is 13.7. The standard InChI is InChI=1S/C22H23N3O3/c23-21(15-10-13-27-14-11-15)22(26)25-16-5-7-17(8-6-16)28-20-9-12-24-19-4-2-1-3-18(19)20/h1-9,12,15,21H,10-11,13-14,23H2,(H,25,26). The average Bonchev–Trinajstić information content (AvgIpc) is 2.75. The van der Waals surface area contributed by atoms with Crippen molar-refractivity contribution in [3.05, 3.63) is 60.8 Å². The van der Waals surface area contributed by atoms with E-state index in [1.807, 2.05) is 54.6 Å². The van der Waals surface area contributed by atoms with Gasteiger partial charge in [-0.25, -0.2) is 0 Å². The maximum absolute atomic E-state index is 12.4. The summed E-state index contributed by atoms with van der Waals surface area (Å²) in [6, 6.07) is 16.4.